The molecule has 3 aromatic rings. The van der Waals surface area contributed by atoms with E-state index in [0.29, 0.717) is 11.3 Å². The zero-order valence-corrected chi connectivity index (χ0v) is 16.6. The highest BCUT2D eigenvalue weighted by molar-refractivity contribution is 7.13. The Kier molecular flexibility index (Phi) is 5.81. The zero-order chi connectivity index (χ0) is 22.0. The van der Waals surface area contributed by atoms with Gasteiger partial charge in [0.2, 0.25) is 0 Å². The highest BCUT2D eigenvalue weighted by atomic mass is 32.1. The molecule has 10 heteroatoms. The maximum atomic E-state index is 13.2. The first-order valence-corrected chi connectivity index (χ1v) is 10.1. The number of amides is 1. The fraction of sp³-hybridized carbons (Fsp3) is 0.238. The molecule has 0 saturated carbocycles. The van der Waals surface area contributed by atoms with E-state index >= 15 is 0 Å². The van der Waals surface area contributed by atoms with Crippen molar-refractivity contribution in [2.24, 2.45) is 0 Å². The number of alkyl carbamates (subject to hydrolysis) is 1. The highest BCUT2D eigenvalue weighted by Crippen LogP contribution is 2.33. The molecule has 2 unspecified atom stereocenters. The summed E-state index contributed by atoms with van der Waals surface area (Å²) >= 11 is 1.41. The Morgan fingerprint density at radius 2 is 1.94 bits per heavy atom. The van der Waals surface area contributed by atoms with E-state index in [1.807, 2.05) is 30.3 Å². The van der Waals surface area contributed by atoms with Gasteiger partial charge in [0.05, 0.1) is 11.7 Å². The lowest BCUT2D eigenvalue weighted by Gasteiger charge is -2.18. The van der Waals surface area contributed by atoms with Crippen LogP contribution in [0.3, 0.4) is 0 Å². The summed E-state index contributed by atoms with van der Waals surface area (Å²) in [4.78, 5) is 16.4. The Morgan fingerprint density at radius 1 is 1.16 bits per heavy atom. The van der Waals surface area contributed by atoms with E-state index in [1.165, 1.54) is 23.5 Å². The van der Waals surface area contributed by atoms with Crippen LogP contribution in [-0.2, 0) is 11.2 Å². The summed E-state index contributed by atoms with van der Waals surface area (Å²) in [6.45, 7) is 0. The van der Waals surface area contributed by atoms with Gasteiger partial charge in [-0.3, -0.25) is 0 Å². The van der Waals surface area contributed by atoms with Crippen molar-refractivity contribution in [3.63, 3.8) is 0 Å². The number of hydrogen-bond donors (Lipinski definition) is 1. The molecule has 1 N–H and O–H groups in total. The van der Waals surface area contributed by atoms with Crippen molar-refractivity contribution in [1.82, 2.24) is 10.3 Å². The number of nitrogens with zero attached hydrogens (tertiary/aromatic N) is 1. The Balaban J connectivity index is 1.51. The molecule has 2 aromatic carbocycles. The van der Waals surface area contributed by atoms with Gasteiger partial charge in [-0.15, -0.1) is 11.3 Å². The van der Waals surface area contributed by atoms with E-state index in [1.54, 1.807) is 11.4 Å². The third-order valence-corrected chi connectivity index (χ3v) is 5.51. The second-order valence-electron chi connectivity index (χ2n) is 6.84. The van der Waals surface area contributed by atoms with Gasteiger partial charge < -0.3 is 14.8 Å². The molecular formula is C21H16F4N2O3S. The quantitative estimate of drug-likeness (QED) is 0.485. The fourth-order valence-electron chi connectivity index (χ4n) is 3.20. The molecule has 4 rings (SSSR count). The third-order valence-electron chi connectivity index (χ3n) is 4.60. The predicted molar refractivity (Wildman–Crippen MR) is 105 cm³/mol. The Morgan fingerprint density at radius 3 is 2.68 bits per heavy atom. The van der Waals surface area contributed by atoms with Crippen molar-refractivity contribution < 1.29 is 31.8 Å². The number of nitrogens with one attached hydrogen (secondary N) is 1. The summed E-state index contributed by atoms with van der Waals surface area (Å²) in [6.07, 6.45) is -9.66. The summed E-state index contributed by atoms with van der Waals surface area (Å²) < 4.78 is 60.7. The minimum atomic E-state index is -4.60. The van der Waals surface area contributed by atoms with Crippen LogP contribution < -0.4 is 10.1 Å². The van der Waals surface area contributed by atoms with E-state index in [-0.39, 0.29) is 6.42 Å². The van der Waals surface area contributed by atoms with Gasteiger partial charge >= 0.3 is 18.6 Å². The molecule has 0 radical (unpaired) electrons. The minimum Gasteiger partial charge on any atom is -0.437 e. The lowest BCUT2D eigenvalue weighted by atomic mass is 10.0. The standard InChI is InChI=1S/C21H16F4N2O3S/c22-19(23)21(24,25)30-14-8-4-5-12(9-14)10-15-17(29-20(28)27-15)16-11-31-18(26-16)13-6-2-1-3-7-13/h1-9,11,15,17,19H,10H2,(H,27,28). The molecular weight excluding hydrogens is 436 g/mol. The van der Waals surface area contributed by atoms with Gasteiger partial charge in [-0.1, -0.05) is 42.5 Å². The molecule has 0 bridgehead atoms. The summed E-state index contributed by atoms with van der Waals surface area (Å²) in [5, 5.41) is 5.24. The number of hydrogen-bond acceptors (Lipinski definition) is 5. The molecule has 0 aliphatic carbocycles. The second-order valence-corrected chi connectivity index (χ2v) is 7.69. The largest absolute Gasteiger partial charge is 0.461 e. The number of benzene rings is 2. The van der Waals surface area contributed by atoms with Crippen LogP contribution in [0.1, 0.15) is 17.4 Å². The average Bonchev–Trinajstić information content (AvgIpc) is 3.35. The van der Waals surface area contributed by atoms with Crippen molar-refractivity contribution in [3.05, 3.63) is 71.2 Å². The summed E-state index contributed by atoms with van der Waals surface area (Å²) in [7, 11) is 0. The first-order chi connectivity index (χ1) is 14.8. The van der Waals surface area contributed by atoms with Crippen molar-refractivity contribution >= 4 is 17.4 Å². The van der Waals surface area contributed by atoms with Gasteiger partial charge in [-0.05, 0) is 24.1 Å². The maximum absolute atomic E-state index is 13.2. The van der Waals surface area contributed by atoms with Gasteiger partial charge in [-0.2, -0.15) is 17.6 Å². The fourth-order valence-corrected chi connectivity index (χ4v) is 4.05. The molecule has 1 aromatic heterocycles. The number of ether oxygens (including phenoxy) is 2. The first kappa shape index (κ1) is 21.1. The number of alkyl halides is 4. The van der Waals surface area contributed by atoms with Gasteiger partial charge in [0.1, 0.15) is 10.8 Å². The van der Waals surface area contributed by atoms with Gasteiger partial charge in [0.25, 0.3) is 0 Å². The van der Waals surface area contributed by atoms with Crippen LogP contribution >= 0.6 is 11.3 Å². The monoisotopic (exact) mass is 452 g/mol. The lowest BCUT2D eigenvalue weighted by Crippen LogP contribution is -2.33. The third kappa shape index (κ3) is 4.79. The van der Waals surface area contributed by atoms with Gasteiger partial charge in [-0.25, -0.2) is 9.78 Å². The predicted octanol–water partition coefficient (Wildman–Crippen LogP) is 5.44. The van der Waals surface area contributed by atoms with Crippen LogP contribution in [0.15, 0.2) is 60.0 Å². The number of halogens is 4. The summed E-state index contributed by atoms with van der Waals surface area (Å²) in [5.74, 6) is -0.399. The first-order valence-electron chi connectivity index (χ1n) is 9.24. The summed E-state index contributed by atoms with van der Waals surface area (Å²) in [6, 6.07) is 14.4. The van der Waals surface area contributed by atoms with E-state index in [4.69, 9.17) is 4.74 Å². The van der Waals surface area contributed by atoms with Gasteiger partial charge in [0.15, 0.2) is 6.10 Å². The minimum absolute atomic E-state index is 0.200. The number of carbonyl (C=O) groups is 1. The average molecular weight is 452 g/mol. The van der Waals surface area contributed by atoms with Gasteiger partial charge in [0, 0.05) is 10.9 Å². The van der Waals surface area contributed by atoms with E-state index in [9.17, 15) is 22.4 Å². The van der Waals surface area contributed by atoms with Crippen molar-refractivity contribution in [2.75, 3.05) is 0 Å². The number of thiazole rings is 1. The van der Waals surface area contributed by atoms with Crippen LogP contribution in [0, 0.1) is 0 Å². The molecule has 1 aliphatic rings. The highest BCUT2D eigenvalue weighted by Gasteiger charge is 2.44. The molecule has 1 saturated heterocycles. The van der Waals surface area contributed by atoms with Crippen LogP contribution in [0.5, 0.6) is 5.75 Å². The molecule has 1 fully saturated rings. The molecule has 5 nitrogen and oxygen atoms in total. The van der Waals surface area contributed by atoms with E-state index < -0.39 is 36.5 Å². The van der Waals surface area contributed by atoms with Crippen LogP contribution in [0.2, 0.25) is 0 Å². The Hall–Kier alpha value is -3.14. The number of aromatic nitrogens is 1. The van der Waals surface area contributed by atoms with Crippen molar-refractivity contribution in [3.8, 4) is 16.3 Å². The smallest absolute Gasteiger partial charge is 0.437 e. The Labute approximate surface area is 178 Å². The number of rotatable bonds is 7. The Bertz CT molecular complexity index is 1060. The van der Waals surface area contributed by atoms with E-state index in [2.05, 4.69) is 15.0 Å². The molecule has 1 amide bonds. The molecule has 31 heavy (non-hydrogen) atoms. The lowest BCUT2D eigenvalue weighted by molar-refractivity contribution is -0.253. The summed E-state index contributed by atoms with van der Waals surface area (Å²) in [5.41, 5.74) is 1.99. The van der Waals surface area contributed by atoms with Crippen LogP contribution in [0.25, 0.3) is 10.6 Å². The molecule has 1 aliphatic heterocycles. The second kappa shape index (κ2) is 8.54. The van der Waals surface area contributed by atoms with Crippen molar-refractivity contribution in [1.29, 1.82) is 0 Å². The topological polar surface area (TPSA) is 60.5 Å². The SMILES string of the molecule is O=C1NC(Cc2cccc(OC(F)(F)C(F)F)c2)C(c2csc(-c3ccccc3)n2)O1. The van der Waals surface area contributed by atoms with Crippen LogP contribution in [-0.4, -0.2) is 29.7 Å². The number of carbonyl (C=O) groups excluding carboxylic acids is 1. The number of cyclic esters (lactones) is 1. The molecule has 2 heterocycles. The molecule has 2 atom stereocenters. The molecule has 162 valence electrons. The maximum Gasteiger partial charge on any atom is 0.461 e. The zero-order valence-electron chi connectivity index (χ0n) is 15.8. The molecule has 0 spiro atoms. The normalized spacial score (nSPS) is 18.7. The van der Waals surface area contributed by atoms with Crippen molar-refractivity contribution in [2.45, 2.75) is 31.1 Å². The van der Waals surface area contributed by atoms with E-state index in [0.717, 1.165) is 16.6 Å². The van der Waals surface area contributed by atoms with Crippen LogP contribution in [0.4, 0.5) is 22.4 Å².